The van der Waals surface area contributed by atoms with E-state index in [1.165, 1.54) is 0 Å². The molecular formula is C23H26N2O4. The van der Waals surface area contributed by atoms with E-state index < -0.39 is 5.97 Å². The molecule has 6 nitrogen and oxygen atoms in total. The zero-order chi connectivity index (χ0) is 21.0. The molecule has 0 heterocycles. The molecule has 2 atom stereocenters. The summed E-state index contributed by atoms with van der Waals surface area (Å²) in [6.07, 6.45) is 0.549. The minimum absolute atomic E-state index is 0.0177. The third-order valence-corrected chi connectivity index (χ3v) is 5.00. The van der Waals surface area contributed by atoms with Gasteiger partial charge in [-0.2, -0.15) is 0 Å². The molecule has 0 bridgehead atoms. The zero-order valence-electron chi connectivity index (χ0n) is 17.0. The topological polar surface area (TPSA) is 75.7 Å². The minimum Gasteiger partial charge on any atom is -0.462 e. The first-order valence-electron chi connectivity index (χ1n) is 9.90. The molecular weight excluding hydrogens is 368 g/mol. The van der Waals surface area contributed by atoms with Crippen LogP contribution < -0.4 is 10.2 Å². The van der Waals surface area contributed by atoms with Crippen LogP contribution in [0.3, 0.4) is 0 Å². The number of anilines is 2. The number of rotatable bonds is 7. The van der Waals surface area contributed by atoms with E-state index in [0.29, 0.717) is 30.8 Å². The van der Waals surface area contributed by atoms with Crippen LogP contribution in [-0.2, 0) is 14.3 Å². The van der Waals surface area contributed by atoms with E-state index in [2.05, 4.69) is 5.32 Å². The zero-order valence-corrected chi connectivity index (χ0v) is 17.0. The lowest BCUT2D eigenvalue weighted by Crippen LogP contribution is -2.33. The number of ether oxygens (including phenoxy) is 1. The van der Waals surface area contributed by atoms with Gasteiger partial charge in [-0.1, -0.05) is 12.1 Å². The van der Waals surface area contributed by atoms with Gasteiger partial charge >= 0.3 is 5.97 Å². The van der Waals surface area contributed by atoms with Crippen LogP contribution in [0.1, 0.15) is 36.2 Å². The van der Waals surface area contributed by atoms with Crippen molar-refractivity contribution >= 4 is 29.2 Å². The lowest BCUT2D eigenvalue weighted by molar-refractivity contribution is -0.123. The lowest BCUT2D eigenvalue weighted by Gasteiger charge is -2.21. The fourth-order valence-electron chi connectivity index (χ4n) is 3.36. The van der Waals surface area contributed by atoms with Gasteiger partial charge in [0.15, 0.2) is 0 Å². The van der Waals surface area contributed by atoms with Crippen LogP contribution in [0.15, 0.2) is 48.5 Å². The molecule has 1 saturated carbocycles. The van der Waals surface area contributed by atoms with Gasteiger partial charge in [-0.25, -0.2) is 4.79 Å². The predicted molar refractivity (Wildman–Crippen MR) is 112 cm³/mol. The maximum Gasteiger partial charge on any atom is 0.338 e. The van der Waals surface area contributed by atoms with Gasteiger partial charge in [-0.15, -0.1) is 0 Å². The second-order valence-electron chi connectivity index (χ2n) is 7.16. The highest BCUT2D eigenvalue weighted by Gasteiger charge is 2.49. The van der Waals surface area contributed by atoms with Crippen molar-refractivity contribution in [3.8, 4) is 0 Å². The monoisotopic (exact) mass is 394 g/mol. The Hall–Kier alpha value is -3.15. The molecule has 2 aromatic rings. The first kappa shape index (κ1) is 20.6. The number of benzene rings is 2. The summed E-state index contributed by atoms with van der Waals surface area (Å²) in [6.45, 7) is 6.54. The molecule has 6 heteroatoms. The molecule has 2 amide bonds. The number of esters is 1. The average molecular weight is 394 g/mol. The Kier molecular flexibility index (Phi) is 6.32. The molecule has 1 N–H and O–H groups in total. The molecule has 1 aliphatic rings. The molecule has 0 radical (unpaired) electrons. The molecule has 0 saturated heterocycles. The Labute approximate surface area is 170 Å². The summed E-state index contributed by atoms with van der Waals surface area (Å²) >= 11 is 0. The fourth-order valence-corrected chi connectivity index (χ4v) is 3.36. The number of hydrogen-bond donors (Lipinski definition) is 1. The molecule has 2 aromatic carbocycles. The van der Waals surface area contributed by atoms with Crippen molar-refractivity contribution in [1.29, 1.82) is 0 Å². The summed E-state index contributed by atoms with van der Waals surface area (Å²) in [5.41, 5.74) is 2.97. The fraction of sp³-hybridized carbons (Fsp3) is 0.348. The van der Waals surface area contributed by atoms with Crippen LogP contribution in [0.5, 0.6) is 0 Å². The molecule has 3 rings (SSSR count). The second kappa shape index (κ2) is 8.90. The summed E-state index contributed by atoms with van der Waals surface area (Å²) in [5, 5.41) is 2.83. The second-order valence-corrected chi connectivity index (χ2v) is 7.16. The normalized spacial score (nSPS) is 17.3. The van der Waals surface area contributed by atoms with E-state index in [-0.39, 0.29) is 23.7 Å². The largest absolute Gasteiger partial charge is 0.462 e. The van der Waals surface area contributed by atoms with Crippen LogP contribution in [-0.4, -0.2) is 30.9 Å². The molecule has 0 aromatic heterocycles. The molecule has 2 unspecified atom stereocenters. The highest BCUT2D eigenvalue weighted by Crippen LogP contribution is 2.41. The molecule has 152 valence electrons. The number of amides is 2. The van der Waals surface area contributed by atoms with Crippen LogP contribution in [0.2, 0.25) is 0 Å². The van der Waals surface area contributed by atoms with E-state index in [1.807, 2.05) is 38.1 Å². The Morgan fingerprint density at radius 2 is 1.79 bits per heavy atom. The minimum atomic E-state index is -0.394. The van der Waals surface area contributed by atoms with Crippen molar-refractivity contribution in [3.63, 3.8) is 0 Å². The van der Waals surface area contributed by atoms with Gasteiger partial charge in [-0.05, 0) is 69.2 Å². The van der Waals surface area contributed by atoms with Gasteiger partial charge in [0.2, 0.25) is 11.8 Å². The van der Waals surface area contributed by atoms with Gasteiger partial charge in [0.1, 0.15) is 0 Å². The number of carbonyl (C=O) groups is 3. The van der Waals surface area contributed by atoms with E-state index in [4.69, 9.17) is 4.74 Å². The van der Waals surface area contributed by atoms with Crippen molar-refractivity contribution in [2.75, 3.05) is 23.4 Å². The van der Waals surface area contributed by atoms with Gasteiger partial charge in [0, 0.05) is 17.9 Å². The third-order valence-electron chi connectivity index (χ3n) is 5.00. The van der Waals surface area contributed by atoms with E-state index in [1.54, 1.807) is 36.1 Å². The van der Waals surface area contributed by atoms with Gasteiger partial charge in [0.05, 0.1) is 24.0 Å². The lowest BCUT2D eigenvalue weighted by atomic mass is 10.1. The Morgan fingerprint density at radius 3 is 2.41 bits per heavy atom. The molecule has 29 heavy (non-hydrogen) atoms. The predicted octanol–water partition coefficient (Wildman–Crippen LogP) is 3.80. The van der Waals surface area contributed by atoms with E-state index in [9.17, 15) is 14.4 Å². The van der Waals surface area contributed by atoms with Crippen molar-refractivity contribution in [2.45, 2.75) is 27.2 Å². The summed E-state index contributed by atoms with van der Waals surface area (Å²) < 4.78 is 4.95. The summed E-state index contributed by atoms with van der Waals surface area (Å²) in [4.78, 5) is 38.9. The highest BCUT2D eigenvalue weighted by molar-refractivity contribution is 6.04. The maximum absolute atomic E-state index is 12.9. The van der Waals surface area contributed by atoms with Gasteiger partial charge < -0.3 is 15.0 Å². The van der Waals surface area contributed by atoms with E-state index in [0.717, 1.165) is 11.3 Å². The average Bonchev–Trinajstić information content (AvgIpc) is 3.50. The number of nitrogens with zero attached hydrogens (tertiary/aromatic N) is 1. The van der Waals surface area contributed by atoms with Gasteiger partial charge in [-0.3, -0.25) is 9.59 Å². The Balaban J connectivity index is 1.59. The SMILES string of the molecule is CCOC(=O)c1ccc(NC(=O)C2CC2C(=O)N(CC)c2cccc(C)c2)cc1. The van der Waals surface area contributed by atoms with Crippen molar-refractivity contribution in [3.05, 3.63) is 59.7 Å². The van der Waals surface area contributed by atoms with Crippen molar-refractivity contribution < 1.29 is 19.1 Å². The highest BCUT2D eigenvalue weighted by atomic mass is 16.5. The quantitative estimate of drug-likeness (QED) is 0.725. The molecule has 0 aliphatic heterocycles. The molecule has 1 fully saturated rings. The number of carbonyl (C=O) groups excluding carboxylic acids is 3. The number of nitrogens with one attached hydrogen (secondary N) is 1. The standard InChI is InChI=1S/C23H26N2O4/c1-4-25(18-8-6-7-15(3)13-18)22(27)20-14-19(20)21(26)24-17-11-9-16(10-12-17)23(28)29-5-2/h6-13,19-20H,4-5,14H2,1-3H3,(H,24,26). The Bertz CT molecular complexity index is 907. The van der Waals surface area contributed by atoms with Crippen LogP contribution in [0, 0.1) is 18.8 Å². The van der Waals surface area contributed by atoms with Crippen LogP contribution in [0.4, 0.5) is 11.4 Å². The van der Waals surface area contributed by atoms with Crippen LogP contribution in [0.25, 0.3) is 0 Å². The summed E-state index contributed by atoms with van der Waals surface area (Å²) in [6, 6.07) is 14.4. The summed E-state index contributed by atoms with van der Waals surface area (Å²) in [5.74, 6) is -1.21. The van der Waals surface area contributed by atoms with Gasteiger partial charge in [0.25, 0.3) is 0 Å². The first-order valence-corrected chi connectivity index (χ1v) is 9.90. The summed E-state index contributed by atoms with van der Waals surface area (Å²) in [7, 11) is 0. The number of hydrogen-bond acceptors (Lipinski definition) is 4. The Morgan fingerprint density at radius 1 is 1.07 bits per heavy atom. The first-order chi connectivity index (χ1) is 13.9. The van der Waals surface area contributed by atoms with Crippen molar-refractivity contribution in [1.82, 2.24) is 0 Å². The maximum atomic E-state index is 12.9. The van der Waals surface area contributed by atoms with Crippen molar-refractivity contribution in [2.24, 2.45) is 11.8 Å². The van der Waals surface area contributed by atoms with Crippen LogP contribution >= 0.6 is 0 Å². The third kappa shape index (κ3) is 4.83. The molecule has 0 spiro atoms. The number of aryl methyl sites for hydroxylation is 1. The van der Waals surface area contributed by atoms with E-state index >= 15 is 0 Å². The smallest absolute Gasteiger partial charge is 0.338 e. The molecule has 1 aliphatic carbocycles.